The Morgan fingerprint density at radius 1 is 1.92 bits per heavy atom. The Bertz CT molecular complexity index is 321. The number of nitrogens with two attached hydrogens (primary N) is 1. The molecule has 69 valence electrons. The van der Waals surface area contributed by atoms with Crippen molar-refractivity contribution >= 4 is 28.5 Å². The van der Waals surface area contributed by atoms with Gasteiger partial charge < -0.3 is 10.6 Å². The van der Waals surface area contributed by atoms with Gasteiger partial charge in [0.2, 0.25) is 0 Å². The van der Waals surface area contributed by atoms with E-state index >= 15 is 0 Å². The lowest BCUT2D eigenvalue weighted by atomic mass is 10.3. The average molecular weight is 198 g/mol. The number of rotatable bonds is 4. The summed E-state index contributed by atoms with van der Waals surface area (Å²) in [6.07, 6.45) is 1.63. The Hall–Kier alpha value is -1.43. The molecular formula is C7H8N3O2S. The van der Waals surface area contributed by atoms with E-state index in [0.717, 1.165) is 0 Å². The molecule has 1 aromatic heterocycles. The fraction of sp³-hybridized carbons (Fsp3) is 0.286. The molecule has 0 atom stereocenters. The van der Waals surface area contributed by atoms with E-state index in [2.05, 4.69) is 10.1 Å². The van der Waals surface area contributed by atoms with Crippen molar-refractivity contribution < 1.29 is 9.63 Å². The zero-order valence-corrected chi connectivity index (χ0v) is 7.80. The molecule has 1 radical (unpaired) electrons. The summed E-state index contributed by atoms with van der Waals surface area (Å²) < 4.78 is 0. The largest absolute Gasteiger partial charge is 0.395 e. The van der Waals surface area contributed by atoms with Crippen LogP contribution < -0.4 is 5.73 Å². The molecule has 1 aromatic rings. The number of nitrogen functional groups attached to an aromatic ring is 1. The fourth-order valence-electron chi connectivity index (χ4n) is 0.643. The van der Waals surface area contributed by atoms with Crippen LogP contribution in [-0.4, -0.2) is 23.6 Å². The number of oxime groups is 1. The lowest BCUT2D eigenvalue weighted by Gasteiger charge is -1.93. The van der Waals surface area contributed by atoms with Gasteiger partial charge in [-0.15, -0.1) is 11.3 Å². The molecule has 0 saturated heterocycles. The van der Waals surface area contributed by atoms with E-state index < -0.39 is 0 Å². The molecule has 1 rings (SSSR count). The van der Waals surface area contributed by atoms with Crippen LogP contribution in [-0.2, 0) is 9.63 Å². The molecule has 0 spiro atoms. The summed E-state index contributed by atoms with van der Waals surface area (Å²) >= 11 is 1.23. The van der Waals surface area contributed by atoms with Crippen LogP contribution in [0.2, 0.25) is 0 Å². The van der Waals surface area contributed by atoms with Crippen molar-refractivity contribution in [3.63, 3.8) is 0 Å². The van der Waals surface area contributed by atoms with E-state index in [-0.39, 0.29) is 5.71 Å². The van der Waals surface area contributed by atoms with Crippen LogP contribution >= 0.6 is 11.3 Å². The van der Waals surface area contributed by atoms with Crippen molar-refractivity contribution in [3.05, 3.63) is 11.1 Å². The van der Waals surface area contributed by atoms with Crippen LogP contribution in [0, 0.1) is 0 Å². The number of hydrogen-bond donors (Lipinski definition) is 1. The van der Waals surface area contributed by atoms with Gasteiger partial charge >= 0.3 is 0 Å². The average Bonchev–Trinajstić information content (AvgIpc) is 2.54. The molecule has 2 N–H and O–H groups in total. The van der Waals surface area contributed by atoms with Gasteiger partial charge in [0, 0.05) is 5.38 Å². The topological polar surface area (TPSA) is 77.6 Å². The summed E-state index contributed by atoms with van der Waals surface area (Å²) in [5.74, 6) is 0. The zero-order chi connectivity index (χ0) is 9.68. The molecular weight excluding hydrogens is 190 g/mol. The summed E-state index contributed by atoms with van der Waals surface area (Å²) in [4.78, 5) is 19.0. The van der Waals surface area contributed by atoms with Gasteiger partial charge in [-0.3, -0.25) is 4.79 Å². The SMILES string of the molecule is CCO/N=C(\[C]=O)c1csc(N)n1. The van der Waals surface area contributed by atoms with E-state index in [1.54, 1.807) is 18.6 Å². The molecule has 5 nitrogen and oxygen atoms in total. The minimum absolute atomic E-state index is 0.0369. The monoisotopic (exact) mass is 198 g/mol. The van der Waals surface area contributed by atoms with Gasteiger partial charge in [0.15, 0.2) is 10.8 Å². The lowest BCUT2D eigenvalue weighted by molar-refractivity contribution is 0.159. The smallest absolute Gasteiger partial charge is 0.259 e. The normalized spacial score (nSPS) is 11.3. The highest BCUT2D eigenvalue weighted by atomic mass is 32.1. The van der Waals surface area contributed by atoms with Crippen LogP contribution in [0.15, 0.2) is 10.5 Å². The van der Waals surface area contributed by atoms with E-state index in [9.17, 15) is 4.79 Å². The maximum atomic E-state index is 10.4. The fourth-order valence-corrected chi connectivity index (χ4v) is 1.19. The number of aromatic nitrogens is 1. The van der Waals surface area contributed by atoms with E-state index in [1.165, 1.54) is 11.3 Å². The third-order valence-electron chi connectivity index (χ3n) is 1.15. The predicted octanol–water partition coefficient (Wildman–Crippen LogP) is 0.576. The highest BCUT2D eigenvalue weighted by Crippen LogP contribution is 2.11. The first-order valence-electron chi connectivity index (χ1n) is 3.57. The minimum atomic E-state index is 0.0369. The highest BCUT2D eigenvalue weighted by Gasteiger charge is 2.07. The number of nitrogens with zero attached hydrogens (tertiary/aromatic N) is 2. The molecule has 0 amide bonds. The zero-order valence-electron chi connectivity index (χ0n) is 6.98. The van der Waals surface area contributed by atoms with Gasteiger partial charge in [-0.1, -0.05) is 5.16 Å². The van der Waals surface area contributed by atoms with E-state index in [1.807, 2.05) is 0 Å². The first-order valence-corrected chi connectivity index (χ1v) is 4.45. The standard InChI is InChI=1S/C7H8N3O2S/c1-2-12-10-5(3-11)6-4-13-7(8)9-6/h4H,2H2,1H3,(H2,8,9)/b10-5+. The van der Waals surface area contributed by atoms with Crippen molar-refractivity contribution in [2.75, 3.05) is 12.3 Å². The van der Waals surface area contributed by atoms with Crippen LogP contribution in [0.25, 0.3) is 0 Å². The van der Waals surface area contributed by atoms with Gasteiger partial charge in [-0.05, 0) is 6.92 Å². The number of thiazole rings is 1. The molecule has 0 saturated carbocycles. The van der Waals surface area contributed by atoms with Crippen molar-refractivity contribution in [3.8, 4) is 0 Å². The Balaban J connectivity index is 2.84. The van der Waals surface area contributed by atoms with Gasteiger partial charge in [0.1, 0.15) is 12.3 Å². The van der Waals surface area contributed by atoms with E-state index in [4.69, 9.17) is 10.6 Å². The summed E-state index contributed by atoms with van der Waals surface area (Å²) in [5.41, 5.74) is 5.81. The molecule has 0 bridgehead atoms. The van der Waals surface area contributed by atoms with Crippen molar-refractivity contribution in [1.82, 2.24) is 4.98 Å². The van der Waals surface area contributed by atoms with Gasteiger partial charge in [-0.2, -0.15) is 0 Å². The summed E-state index contributed by atoms with van der Waals surface area (Å²) in [5, 5.41) is 5.53. The van der Waals surface area contributed by atoms with Gasteiger partial charge in [-0.25, -0.2) is 4.98 Å². The Morgan fingerprint density at radius 2 is 2.69 bits per heavy atom. The molecule has 1 heterocycles. The minimum Gasteiger partial charge on any atom is -0.395 e. The maximum absolute atomic E-state index is 10.4. The van der Waals surface area contributed by atoms with Crippen LogP contribution in [0.4, 0.5) is 5.13 Å². The molecule has 0 unspecified atom stereocenters. The second-order valence-corrected chi connectivity index (χ2v) is 2.92. The number of anilines is 1. The maximum Gasteiger partial charge on any atom is 0.259 e. The van der Waals surface area contributed by atoms with Crippen LogP contribution in [0.3, 0.4) is 0 Å². The molecule has 0 aliphatic heterocycles. The lowest BCUT2D eigenvalue weighted by Crippen LogP contribution is -2.04. The van der Waals surface area contributed by atoms with Crippen LogP contribution in [0.1, 0.15) is 12.6 Å². The number of hydrogen-bond acceptors (Lipinski definition) is 6. The molecule has 0 aromatic carbocycles. The first-order chi connectivity index (χ1) is 6.27. The Kier molecular flexibility index (Phi) is 3.39. The van der Waals surface area contributed by atoms with Crippen LogP contribution in [0.5, 0.6) is 0 Å². The highest BCUT2D eigenvalue weighted by molar-refractivity contribution is 7.13. The van der Waals surface area contributed by atoms with Crippen molar-refractivity contribution in [1.29, 1.82) is 0 Å². The summed E-state index contributed by atoms with van der Waals surface area (Å²) in [6.45, 7) is 2.16. The van der Waals surface area contributed by atoms with Gasteiger partial charge in [0.05, 0.1) is 0 Å². The predicted molar refractivity (Wildman–Crippen MR) is 50.4 cm³/mol. The summed E-state index contributed by atoms with van der Waals surface area (Å²) in [7, 11) is 0. The Labute approximate surface area is 79.2 Å². The van der Waals surface area contributed by atoms with E-state index in [0.29, 0.717) is 17.4 Å². The first kappa shape index (κ1) is 9.66. The Morgan fingerprint density at radius 3 is 3.15 bits per heavy atom. The second-order valence-electron chi connectivity index (χ2n) is 2.03. The number of carbonyl (C=O) groups excluding carboxylic acids is 1. The molecule has 6 heteroatoms. The molecule has 0 fully saturated rings. The third kappa shape index (κ3) is 2.51. The quantitative estimate of drug-likeness (QED) is 0.567. The second kappa shape index (κ2) is 4.56. The van der Waals surface area contributed by atoms with Crippen molar-refractivity contribution in [2.24, 2.45) is 5.16 Å². The molecule has 0 aliphatic carbocycles. The summed E-state index contributed by atoms with van der Waals surface area (Å²) in [6, 6.07) is 0. The molecule has 0 aliphatic rings. The van der Waals surface area contributed by atoms with Gasteiger partial charge in [0.25, 0.3) is 6.29 Å². The van der Waals surface area contributed by atoms with Crippen molar-refractivity contribution in [2.45, 2.75) is 6.92 Å². The third-order valence-corrected chi connectivity index (χ3v) is 1.82. The molecule has 13 heavy (non-hydrogen) atoms.